The molecule has 0 aromatic heterocycles. The lowest BCUT2D eigenvalue weighted by Gasteiger charge is -2.16. The van der Waals surface area contributed by atoms with E-state index in [1.807, 2.05) is 55.5 Å². The Balaban J connectivity index is 1.81. The van der Waals surface area contributed by atoms with Crippen LogP contribution in [-0.4, -0.2) is 11.9 Å². The van der Waals surface area contributed by atoms with E-state index in [1.54, 1.807) is 6.07 Å². The van der Waals surface area contributed by atoms with Gasteiger partial charge in [0, 0.05) is 12.6 Å². The first-order valence-electron chi connectivity index (χ1n) is 7.64. The second-order valence-corrected chi connectivity index (χ2v) is 5.38. The molecule has 0 saturated heterocycles. The summed E-state index contributed by atoms with van der Waals surface area (Å²) in [6.45, 7) is 3.59. The summed E-state index contributed by atoms with van der Waals surface area (Å²) in [4.78, 5) is 28.1. The molecule has 0 aliphatic carbocycles. The number of nitrogens with one attached hydrogen (secondary N) is 3. The van der Waals surface area contributed by atoms with Crippen molar-refractivity contribution in [2.24, 2.45) is 0 Å². The molecule has 6 heteroatoms. The summed E-state index contributed by atoms with van der Waals surface area (Å²) >= 11 is 0. The number of carbonyl (C=O) groups is 2. The van der Waals surface area contributed by atoms with Crippen LogP contribution in [0, 0.1) is 0 Å². The van der Waals surface area contributed by atoms with E-state index >= 15 is 0 Å². The number of urea groups is 1. The molecule has 0 fully saturated rings. The van der Waals surface area contributed by atoms with Crippen molar-refractivity contribution in [2.75, 3.05) is 5.32 Å². The number of rotatable bonds is 6. The molecule has 3 N–H and O–H groups in total. The normalized spacial score (nSPS) is 11.4. The topological polar surface area (TPSA) is 79.5 Å². The Morgan fingerprint density at radius 2 is 1.83 bits per heavy atom. The zero-order chi connectivity index (χ0) is 17.4. The zero-order valence-corrected chi connectivity index (χ0v) is 13.7. The molecule has 1 atom stereocenters. The Kier molecular flexibility index (Phi) is 6.33. The Morgan fingerprint density at radius 3 is 2.54 bits per heavy atom. The highest BCUT2D eigenvalue weighted by atomic mass is 16.7. The number of carbonyl (C=O) groups excluding carboxylic acids is 2. The average Bonchev–Trinajstić information content (AvgIpc) is 2.55. The molecule has 126 valence electrons. The van der Waals surface area contributed by atoms with E-state index in [4.69, 9.17) is 4.84 Å². The van der Waals surface area contributed by atoms with E-state index < -0.39 is 6.03 Å². The minimum absolute atomic E-state index is 0.139. The van der Waals surface area contributed by atoms with Gasteiger partial charge in [-0.15, -0.1) is 0 Å². The van der Waals surface area contributed by atoms with Crippen LogP contribution in [0.5, 0.6) is 0 Å². The van der Waals surface area contributed by atoms with Gasteiger partial charge in [0.25, 0.3) is 0 Å². The number of benzene rings is 2. The van der Waals surface area contributed by atoms with Gasteiger partial charge in [-0.05, 0) is 30.2 Å². The fraction of sp³-hybridized carbons (Fsp3) is 0.222. The van der Waals surface area contributed by atoms with Gasteiger partial charge in [0.15, 0.2) is 0 Å². The van der Waals surface area contributed by atoms with Crippen LogP contribution < -0.4 is 16.1 Å². The quantitative estimate of drug-likeness (QED) is 0.713. The largest absolute Gasteiger partial charge is 0.339 e. The van der Waals surface area contributed by atoms with E-state index in [9.17, 15) is 9.59 Å². The highest BCUT2D eigenvalue weighted by Crippen LogP contribution is 2.17. The van der Waals surface area contributed by atoms with Crippen molar-refractivity contribution in [3.8, 4) is 0 Å². The maximum absolute atomic E-state index is 11.9. The fourth-order valence-corrected chi connectivity index (χ4v) is 2.16. The first kappa shape index (κ1) is 17.5. The molecule has 0 heterocycles. The lowest BCUT2D eigenvalue weighted by Crippen LogP contribution is -2.36. The van der Waals surface area contributed by atoms with Crippen LogP contribution in [0.15, 0.2) is 54.6 Å². The van der Waals surface area contributed by atoms with Gasteiger partial charge in [-0.25, -0.2) is 10.3 Å². The molecule has 2 aromatic carbocycles. The van der Waals surface area contributed by atoms with Gasteiger partial charge in [-0.1, -0.05) is 42.5 Å². The third-order valence-corrected chi connectivity index (χ3v) is 3.30. The van der Waals surface area contributed by atoms with Crippen LogP contribution in [0.4, 0.5) is 10.5 Å². The first-order valence-corrected chi connectivity index (χ1v) is 7.64. The van der Waals surface area contributed by atoms with E-state index in [1.165, 1.54) is 6.92 Å². The highest BCUT2D eigenvalue weighted by molar-refractivity contribution is 5.88. The number of anilines is 1. The van der Waals surface area contributed by atoms with Crippen LogP contribution >= 0.6 is 0 Å². The van der Waals surface area contributed by atoms with E-state index in [-0.39, 0.29) is 11.9 Å². The molecular formula is C18H21N3O3. The van der Waals surface area contributed by atoms with Crippen molar-refractivity contribution in [3.05, 3.63) is 65.7 Å². The van der Waals surface area contributed by atoms with Crippen molar-refractivity contribution in [2.45, 2.75) is 26.5 Å². The minimum atomic E-state index is -0.427. The van der Waals surface area contributed by atoms with Crippen LogP contribution in [-0.2, 0) is 16.2 Å². The number of hydrogen-bond donors (Lipinski definition) is 3. The molecule has 0 radical (unpaired) electrons. The Hall–Kier alpha value is -2.86. The molecule has 2 aromatic rings. The smallest absolute Gasteiger partial charge is 0.330 e. The van der Waals surface area contributed by atoms with Crippen molar-refractivity contribution < 1.29 is 14.4 Å². The first-order chi connectivity index (χ1) is 11.5. The molecule has 3 amide bonds. The molecule has 0 spiro atoms. The summed E-state index contributed by atoms with van der Waals surface area (Å²) in [6.07, 6.45) is 0. The number of hydrogen-bond acceptors (Lipinski definition) is 3. The third-order valence-electron chi connectivity index (χ3n) is 3.30. The van der Waals surface area contributed by atoms with Gasteiger partial charge in [0.1, 0.15) is 0 Å². The van der Waals surface area contributed by atoms with Gasteiger partial charge in [-0.2, -0.15) is 0 Å². The predicted molar refractivity (Wildman–Crippen MR) is 92.1 cm³/mol. The maximum atomic E-state index is 11.9. The summed E-state index contributed by atoms with van der Waals surface area (Å²) in [6, 6.07) is 16.2. The molecule has 0 bridgehead atoms. The molecule has 0 aliphatic rings. The molecule has 6 nitrogen and oxygen atoms in total. The zero-order valence-electron chi connectivity index (χ0n) is 13.7. The minimum Gasteiger partial charge on any atom is -0.330 e. The standard InChI is InChI=1S/C18H21N3O3/c1-13(16-9-6-10-17(11-16)20-14(2)22)19-18(23)21-24-12-15-7-4-3-5-8-15/h3-11,13H,12H2,1-2H3,(H,20,22)(H2,19,21,23)/t13-/m1/s1. The predicted octanol–water partition coefficient (Wildman–Crippen LogP) is 3.14. The van der Waals surface area contributed by atoms with Gasteiger partial charge in [0.05, 0.1) is 12.6 Å². The van der Waals surface area contributed by atoms with Crippen molar-refractivity contribution in [1.29, 1.82) is 0 Å². The lowest BCUT2D eigenvalue weighted by atomic mass is 10.1. The molecule has 24 heavy (non-hydrogen) atoms. The Bertz CT molecular complexity index is 689. The summed E-state index contributed by atoms with van der Waals surface area (Å²) in [5, 5.41) is 5.49. The fourth-order valence-electron chi connectivity index (χ4n) is 2.16. The summed E-state index contributed by atoms with van der Waals surface area (Å²) in [7, 11) is 0. The van der Waals surface area contributed by atoms with Crippen molar-refractivity contribution in [1.82, 2.24) is 10.8 Å². The van der Waals surface area contributed by atoms with Crippen LogP contribution in [0.25, 0.3) is 0 Å². The van der Waals surface area contributed by atoms with Gasteiger partial charge in [0.2, 0.25) is 5.91 Å². The Labute approximate surface area is 141 Å². The summed E-state index contributed by atoms with van der Waals surface area (Å²) in [5.74, 6) is -0.139. The maximum Gasteiger partial charge on any atom is 0.339 e. The van der Waals surface area contributed by atoms with Gasteiger partial charge >= 0.3 is 6.03 Å². The Morgan fingerprint density at radius 1 is 1.08 bits per heavy atom. The number of hydroxylamine groups is 1. The number of amides is 3. The highest BCUT2D eigenvalue weighted by Gasteiger charge is 2.10. The second-order valence-electron chi connectivity index (χ2n) is 5.38. The third kappa shape index (κ3) is 5.73. The van der Waals surface area contributed by atoms with E-state index in [0.29, 0.717) is 12.3 Å². The van der Waals surface area contributed by atoms with Crippen LogP contribution in [0.3, 0.4) is 0 Å². The average molecular weight is 327 g/mol. The molecule has 0 unspecified atom stereocenters. The van der Waals surface area contributed by atoms with Gasteiger partial charge in [-0.3, -0.25) is 9.63 Å². The molecule has 0 aliphatic heterocycles. The summed E-state index contributed by atoms with van der Waals surface area (Å²) < 4.78 is 0. The molecule has 2 rings (SSSR count). The lowest BCUT2D eigenvalue weighted by molar-refractivity contribution is -0.114. The molecule has 0 saturated carbocycles. The van der Waals surface area contributed by atoms with Crippen molar-refractivity contribution in [3.63, 3.8) is 0 Å². The van der Waals surface area contributed by atoms with E-state index in [0.717, 1.165) is 11.1 Å². The van der Waals surface area contributed by atoms with Crippen molar-refractivity contribution >= 4 is 17.6 Å². The van der Waals surface area contributed by atoms with Crippen LogP contribution in [0.1, 0.15) is 31.0 Å². The molecular weight excluding hydrogens is 306 g/mol. The second kappa shape index (κ2) is 8.69. The van der Waals surface area contributed by atoms with E-state index in [2.05, 4.69) is 16.1 Å². The van der Waals surface area contributed by atoms with Gasteiger partial charge < -0.3 is 10.6 Å². The monoisotopic (exact) mass is 327 g/mol. The van der Waals surface area contributed by atoms with Crippen LogP contribution in [0.2, 0.25) is 0 Å². The summed E-state index contributed by atoms with van der Waals surface area (Å²) in [5.41, 5.74) is 4.89. The SMILES string of the molecule is CC(=O)Nc1cccc([C@@H](C)NC(=O)NOCc2ccccc2)c1.